The number of aromatic carboxylic acids is 1. The summed E-state index contributed by atoms with van der Waals surface area (Å²) in [6, 6.07) is 17.4. The Hall–Kier alpha value is -4.06. The lowest BCUT2D eigenvalue weighted by atomic mass is 9.81. The van der Waals surface area contributed by atoms with Crippen molar-refractivity contribution in [3.63, 3.8) is 0 Å². The van der Waals surface area contributed by atoms with Gasteiger partial charge in [-0.25, -0.2) is 4.79 Å². The van der Waals surface area contributed by atoms with E-state index in [1.807, 2.05) is 0 Å². The first-order valence-corrected chi connectivity index (χ1v) is 8.86. The Morgan fingerprint density at radius 3 is 1.93 bits per heavy atom. The number of carbonyl (C=O) groups excluding carboxylic acids is 3. The Balaban J connectivity index is 2.09. The molecule has 6 nitrogen and oxygen atoms in total. The van der Waals surface area contributed by atoms with Crippen LogP contribution < -0.4 is 4.90 Å². The summed E-state index contributed by atoms with van der Waals surface area (Å²) < 4.78 is 0. The standard InChI is InChI=1S/C23H15NO5/c1-13(25)24(14-7-3-2-4-8-14)20-18(23(28)29)12-11-17-19(20)22(27)16-10-6-5-9-15(16)21(17)26/h2-12H,1H3,(H,28,29). The summed E-state index contributed by atoms with van der Waals surface area (Å²) in [5.41, 5.74) is 0.516. The number of anilines is 2. The first kappa shape index (κ1) is 18.3. The van der Waals surface area contributed by atoms with Gasteiger partial charge in [-0.3, -0.25) is 19.3 Å². The predicted octanol–water partition coefficient (Wildman–Crippen LogP) is 3.84. The number of amides is 1. The van der Waals surface area contributed by atoms with E-state index in [4.69, 9.17) is 0 Å². The van der Waals surface area contributed by atoms with E-state index in [1.54, 1.807) is 48.5 Å². The van der Waals surface area contributed by atoms with Crippen LogP contribution in [0.4, 0.5) is 11.4 Å². The third-order valence-corrected chi connectivity index (χ3v) is 4.85. The van der Waals surface area contributed by atoms with Crippen LogP contribution in [0.25, 0.3) is 0 Å². The maximum absolute atomic E-state index is 13.3. The van der Waals surface area contributed by atoms with Gasteiger partial charge in [0.05, 0.1) is 16.8 Å². The van der Waals surface area contributed by atoms with Gasteiger partial charge in [0.25, 0.3) is 0 Å². The van der Waals surface area contributed by atoms with Crippen LogP contribution >= 0.6 is 0 Å². The molecular formula is C23H15NO5. The summed E-state index contributed by atoms with van der Waals surface area (Å²) in [4.78, 5) is 52.0. The molecule has 0 spiro atoms. The van der Waals surface area contributed by atoms with E-state index in [2.05, 4.69) is 0 Å². The van der Waals surface area contributed by atoms with Crippen molar-refractivity contribution < 1.29 is 24.3 Å². The highest BCUT2D eigenvalue weighted by atomic mass is 16.4. The van der Waals surface area contributed by atoms with Crippen LogP contribution in [-0.4, -0.2) is 28.5 Å². The van der Waals surface area contributed by atoms with Crippen LogP contribution in [-0.2, 0) is 4.79 Å². The maximum Gasteiger partial charge on any atom is 0.337 e. The first-order valence-electron chi connectivity index (χ1n) is 8.86. The van der Waals surface area contributed by atoms with E-state index in [1.165, 1.54) is 30.0 Å². The number of carboxylic acids is 1. The molecule has 0 bridgehead atoms. The second kappa shape index (κ2) is 6.83. The molecule has 1 amide bonds. The lowest BCUT2D eigenvalue weighted by Crippen LogP contribution is -2.30. The number of ketones is 2. The molecule has 0 saturated heterocycles. The fourth-order valence-electron chi connectivity index (χ4n) is 3.62. The topological polar surface area (TPSA) is 91.8 Å². The van der Waals surface area contributed by atoms with Gasteiger partial charge in [-0.15, -0.1) is 0 Å². The zero-order chi connectivity index (χ0) is 20.7. The SMILES string of the molecule is CC(=O)N(c1ccccc1)c1c(C(=O)O)ccc2c1C(=O)c1ccccc1C2=O. The molecule has 0 unspecified atom stereocenters. The molecule has 0 atom stereocenters. The molecule has 1 aliphatic carbocycles. The fourth-order valence-corrected chi connectivity index (χ4v) is 3.62. The molecule has 1 aliphatic rings. The number of carboxylic acid groups (broad SMARTS) is 1. The second-order valence-electron chi connectivity index (χ2n) is 6.58. The normalized spacial score (nSPS) is 12.2. The van der Waals surface area contributed by atoms with Gasteiger partial charge in [0.1, 0.15) is 0 Å². The summed E-state index contributed by atoms with van der Waals surface area (Å²) >= 11 is 0. The van der Waals surface area contributed by atoms with E-state index in [0.717, 1.165) is 0 Å². The maximum atomic E-state index is 13.3. The molecule has 0 radical (unpaired) electrons. The summed E-state index contributed by atoms with van der Waals surface area (Å²) in [7, 11) is 0. The summed E-state index contributed by atoms with van der Waals surface area (Å²) in [5.74, 6) is -2.66. The molecule has 0 saturated carbocycles. The number of para-hydroxylation sites is 1. The van der Waals surface area contributed by atoms with Crippen molar-refractivity contribution in [3.8, 4) is 0 Å². The summed E-state index contributed by atoms with van der Waals surface area (Å²) in [6.07, 6.45) is 0. The molecule has 0 aliphatic heterocycles. The minimum absolute atomic E-state index is 0.0762. The van der Waals surface area contributed by atoms with E-state index in [0.29, 0.717) is 5.69 Å². The number of nitrogens with zero attached hydrogens (tertiary/aromatic N) is 1. The van der Waals surface area contributed by atoms with E-state index < -0.39 is 17.7 Å². The lowest BCUT2D eigenvalue weighted by Gasteiger charge is -2.28. The fraction of sp³-hybridized carbons (Fsp3) is 0.0435. The van der Waals surface area contributed by atoms with Crippen LogP contribution in [0.5, 0.6) is 0 Å². The Morgan fingerprint density at radius 1 is 0.759 bits per heavy atom. The molecule has 3 aromatic rings. The van der Waals surface area contributed by atoms with Crippen LogP contribution in [0.1, 0.15) is 49.1 Å². The highest BCUT2D eigenvalue weighted by Gasteiger charge is 2.36. The van der Waals surface area contributed by atoms with Crippen molar-refractivity contribution in [1.82, 2.24) is 0 Å². The molecule has 0 aromatic heterocycles. The number of benzene rings is 3. The van der Waals surface area contributed by atoms with Crippen LogP contribution in [0.15, 0.2) is 66.7 Å². The van der Waals surface area contributed by atoms with Gasteiger partial charge in [-0.1, -0.05) is 42.5 Å². The Kier molecular flexibility index (Phi) is 4.31. The Labute approximate surface area is 166 Å². The number of rotatable bonds is 3. The largest absolute Gasteiger partial charge is 0.478 e. The highest BCUT2D eigenvalue weighted by molar-refractivity contribution is 6.32. The lowest BCUT2D eigenvalue weighted by molar-refractivity contribution is -0.115. The first-order chi connectivity index (χ1) is 13.9. The molecule has 142 valence electrons. The number of carbonyl (C=O) groups is 4. The van der Waals surface area contributed by atoms with Gasteiger partial charge in [0, 0.05) is 29.3 Å². The summed E-state index contributed by atoms with van der Waals surface area (Å²) in [6.45, 7) is 1.28. The molecular weight excluding hydrogens is 370 g/mol. The van der Waals surface area contributed by atoms with Crippen molar-refractivity contribution in [1.29, 1.82) is 0 Å². The number of fused-ring (bicyclic) bond motifs is 2. The Morgan fingerprint density at radius 2 is 1.34 bits per heavy atom. The molecule has 29 heavy (non-hydrogen) atoms. The minimum atomic E-state index is -1.30. The van der Waals surface area contributed by atoms with Crippen molar-refractivity contribution in [2.75, 3.05) is 4.90 Å². The van der Waals surface area contributed by atoms with Gasteiger partial charge in [-0.05, 0) is 24.3 Å². The average Bonchev–Trinajstić information content (AvgIpc) is 2.72. The van der Waals surface area contributed by atoms with Crippen LogP contribution in [0.3, 0.4) is 0 Å². The van der Waals surface area contributed by atoms with E-state index in [9.17, 15) is 24.3 Å². The van der Waals surface area contributed by atoms with Crippen LogP contribution in [0, 0.1) is 0 Å². The van der Waals surface area contributed by atoms with Gasteiger partial charge in [0.15, 0.2) is 11.6 Å². The zero-order valence-corrected chi connectivity index (χ0v) is 15.4. The van der Waals surface area contributed by atoms with Gasteiger partial charge in [-0.2, -0.15) is 0 Å². The van der Waals surface area contributed by atoms with E-state index in [-0.39, 0.29) is 39.3 Å². The second-order valence-corrected chi connectivity index (χ2v) is 6.58. The zero-order valence-electron chi connectivity index (χ0n) is 15.4. The highest BCUT2D eigenvalue weighted by Crippen LogP contribution is 2.39. The number of hydrogen-bond acceptors (Lipinski definition) is 4. The predicted molar refractivity (Wildman–Crippen MR) is 106 cm³/mol. The molecule has 6 heteroatoms. The van der Waals surface area contributed by atoms with Crippen molar-refractivity contribution >= 4 is 34.8 Å². The van der Waals surface area contributed by atoms with Gasteiger partial charge >= 0.3 is 5.97 Å². The quantitative estimate of drug-likeness (QED) is 0.578. The molecule has 1 N–H and O–H groups in total. The molecule has 3 aromatic carbocycles. The third kappa shape index (κ3) is 2.82. The van der Waals surface area contributed by atoms with Crippen molar-refractivity contribution in [2.24, 2.45) is 0 Å². The smallest absolute Gasteiger partial charge is 0.337 e. The van der Waals surface area contributed by atoms with Crippen molar-refractivity contribution in [3.05, 3.63) is 94.5 Å². The molecule has 0 heterocycles. The summed E-state index contributed by atoms with van der Waals surface area (Å²) in [5, 5.41) is 9.76. The van der Waals surface area contributed by atoms with Crippen LogP contribution in [0.2, 0.25) is 0 Å². The third-order valence-electron chi connectivity index (χ3n) is 4.85. The molecule has 4 rings (SSSR count). The molecule has 0 fully saturated rings. The monoisotopic (exact) mass is 385 g/mol. The Bertz CT molecular complexity index is 1200. The van der Waals surface area contributed by atoms with Gasteiger partial charge in [0.2, 0.25) is 5.91 Å². The average molecular weight is 385 g/mol. The number of hydrogen-bond donors (Lipinski definition) is 1. The van der Waals surface area contributed by atoms with Crippen molar-refractivity contribution in [2.45, 2.75) is 6.92 Å². The van der Waals surface area contributed by atoms with Gasteiger partial charge < -0.3 is 5.11 Å². The van der Waals surface area contributed by atoms with E-state index >= 15 is 0 Å². The minimum Gasteiger partial charge on any atom is -0.478 e.